The third kappa shape index (κ3) is 6.44. The number of hydrogen-bond donors (Lipinski definition) is 0. The molecule has 1 aromatic heterocycles. The number of methoxy groups -OCH3 is 1. The zero-order valence-corrected chi connectivity index (χ0v) is 26.8. The first-order valence-electron chi connectivity index (χ1n) is 14.2. The van der Waals surface area contributed by atoms with Gasteiger partial charge in [-0.1, -0.05) is 53.3 Å². The van der Waals surface area contributed by atoms with Crippen molar-refractivity contribution in [2.75, 3.05) is 20.3 Å². The third-order valence-electron chi connectivity index (χ3n) is 7.14. The number of hydrogen-bond acceptors (Lipinski definition) is 8. The Hall–Kier alpha value is -4.34. The molecule has 1 aliphatic heterocycles. The van der Waals surface area contributed by atoms with Crippen LogP contribution >= 0.6 is 22.9 Å². The molecule has 3 aromatic carbocycles. The zero-order chi connectivity index (χ0) is 31.4. The van der Waals surface area contributed by atoms with Gasteiger partial charge in [-0.15, -0.1) is 0 Å². The normalized spacial score (nSPS) is 14.6. The number of nitrogens with zero attached hydrogens (tertiary/aromatic N) is 2. The van der Waals surface area contributed by atoms with E-state index in [1.54, 1.807) is 31.6 Å². The summed E-state index contributed by atoms with van der Waals surface area (Å²) in [6, 6.07) is 17.9. The number of thiazole rings is 1. The van der Waals surface area contributed by atoms with Crippen LogP contribution in [0.15, 0.2) is 81.7 Å². The summed E-state index contributed by atoms with van der Waals surface area (Å²) in [5.41, 5.74) is 3.94. The van der Waals surface area contributed by atoms with E-state index in [1.807, 2.05) is 74.5 Å². The molecule has 8 nitrogen and oxygen atoms in total. The average Bonchev–Trinajstić information content (AvgIpc) is 3.31. The molecule has 0 N–H and O–H groups in total. The highest BCUT2D eigenvalue weighted by Crippen LogP contribution is 2.34. The lowest BCUT2D eigenvalue weighted by molar-refractivity contribution is -0.139. The summed E-state index contributed by atoms with van der Waals surface area (Å²) in [7, 11) is 1.59. The van der Waals surface area contributed by atoms with Gasteiger partial charge in [0.05, 0.1) is 42.2 Å². The van der Waals surface area contributed by atoms with Gasteiger partial charge < -0.3 is 18.9 Å². The molecule has 0 radical (unpaired) electrons. The summed E-state index contributed by atoms with van der Waals surface area (Å²) in [6.45, 7) is 8.34. The molecule has 1 unspecified atom stereocenters. The first kappa shape index (κ1) is 31.1. The van der Waals surface area contributed by atoms with Crippen molar-refractivity contribution in [2.24, 2.45) is 4.99 Å². The van der Waals surface area contributed by atoms with Crippen molar-refractivity contribution in [3.05, 3.63) is 119 Å². The van der Waals surface area contributed by atoms with Crippen LogP contribution in [-0.4, -0.2) is 30.9 Å². The molecule has 0 saturated carbocycles. The van der Waals surface area contributed by atoms with Crippen LogP contribution < -0.4 is 29.1 Å². The van der Waals surface area contributed by atoms with Crippen LogP contribution in [-0.2, 0) is 16.1 Å². The zero-order valence-electron chi connectivity index (χ0n) is 25.2. The van der Waals surface area contributed by atoms with Crippen LogP contribution in [0.1, 0.15) is 49.1 Å². The molecule has 5 rings (SSSR count). The summed E-state index contributed by atoms with van der Waals surface area (Å²) < 4.78 is 24.9. The number of benzene rings is 3. The average molecular weight is 633 g/mol. The molecule has 0 amide bonds. The Balaban J connectivity index is 1.57. The molecule has 44 heavy (non-hydrogen) atoms. The fraction of sp³-hybridized carbons (Fsp3) is 0.265. The van der Waals surface area contributed by atoms with Crippen LogP contribution in [0, 0.1) is 6.92 Å². The highest BCUT2D eigenvalue weighted by Gasteiger charge is 2.33. The van der Waals surface area contributed by atoms with E-state index in [0.717, 1.165) is 22.3 Å². The summed E-state index contributed by atoms with van der Waals surface area (Å²) in [6.07, 6.45) is 1.80. The topological polar surface area (TPSA) is 88.4 Å². The first-order chi connectivity index (χ1) is 21.2. The van der Waals surface area contributed by atoms with Gasteiger partial charge >= 0.3 is 5.97 Å². The van der Waals surface area contributed by atoms with Gasteiger partial charge in [-0.25, -0.2) is 9.79 Å². The molecule has 10 heteroatoms. The second-order valence-electron chi connectivity index (χ2n) is 10.1. The lowest BCUT2D eigenvalue weighted by Crippen LogP contribution is -2.40. The van der Waals surface area contributed by atoms with Gasteiger partial charge in [0.15, 0.2) is 16.3 Å². The number of aromatic nitrogens is 1. The van der Waals surface area contributed by atoms with Gasteiger partial charge in [-0.2, -0.15) is 0 Å². The Morgan fingerprint density at radius 2 is 1.75 bits per heavy atom. The Labute approximate surface area is 264 Å². The summed E-state index contributed by atoms with van der Waals surface area (Å²) in [5.74, 6) is 1.30. The number of carbonyl (C=O) groups is 1. The van der Waals surface area contributed by atoms with E-state index in [4.69, 9.17) is 30.5 Å². The summed E-state index contributed by atoms with van der Waals surface area (Å²) in [4.78, 5) is 32.4. The predicted octanol–water partition coefficient (Wildman–Crippen LogP) is 5.75. The maximum absolute atomic E-state index is 14.0. The largest absolute Gasteiger partial charge is 0.496 e. The second kappa shape index (κ2) is 13.5. The molecular weight excluding hydrogens is 600 g/mol. The number of ether oxygens (including phenoxy) is 4. The molecule has 0 bridgehead atoms. The third-order valence-corrected chi connectivity index (χ3v) is 8.37. The molecule has 0 fully saturated rings. The minimum absolute atomic E-state index is 0.200. The maximum atomic E-state index is 14.0. The summed E-state index contributed by atoms with van der Waals surface area (Å²) >= 11 is 7.26. The first-order valence-corrected chi connectivity index (χ1v) is 15.4. The number of halogens is 1. The number of esters is 1. The quantitative estimate of drug-likeness (QED) is 0.207. The lowest BCUT2D eigenvalue weighted by atomic mass is 9.95. The van der Waals surface area contributed by atoms with E-state index in [-0.39, 0.29) is 12.2 Å². The van der Waals surface area contributed by atoms with E-state index in [2.05, 4.69) is 4.99 Å². The SMILES string of the molecule is CCOC(=O)C1=C(C)N=c2s/c(=C/c3ccc(OCc4ccc(Cl)cc4)c(OCC)c3)c(=O)n2C1c1ccc(C)c(OC)c1. The van der Waals surface area contributed by atoms with E-state index in [1.165, 1.54) is 11.3 Å². The molecule has 0 spiro atoms. The number of allylic oxidation sites excluding steroid dienone is 1. The monoisotopic (exact) mass is 632 g/mol. The Morgan fingerprint density at radius 1 is 0.977 bits per heavy atom. The van der Waals surface area contributed by atoms with Crippen molar-refractivity contribution in [1.82, 2.24) is 4.57 Å². The number of rotatable bonds is 10. The van der Waals surface area contributed by atoms with Crippen LogP contribution in [0.25, 0.3) is 6.08 Å². The van der Waals surface area contributed by atoms with Crippen LogP contribution in [0.2, 0.25) is 5.02 Å². The molecule has 1 aliphatic rings. The highest BCUT2D eigenvalue weighted by molar-refractivity contribution is 7.07. The van der Waals surface area contributed by atoms with Crippen molar-refractivity contribution in [1.29, 1.82) is 0 Å². The Morgan fingerprint density at radius 3 is 2.45 bits per heavy atom. The molecular formula is C34H33ClN2O6S. The Kier molecular flexibility index (Phi) is 9.56. The van der Waals surface area contributed by atoms with E-state index >= 15 is 0 Å². The van der Waals surface area contributed by atoms with Crippen molar-refractivity contribution < 1.29 is 23.7 Å². The fourth-order valence-electron chi connectivity index (χ4n) is 5.01. The van der Waals surface area contributed by atoms with Crippen LogP contribution in [0.3, 0.4) is 0 Å². The van der Waals surface area contributed by atoms with Crippen molar-refractivity contribution in [2.45, 2.75) is 40.3 Å². The highest BCUT2D eigenvalue weighted by atomic mass is 35.5. The van der Waals surface area contributed by atoms with E-state index in [0.29, 0.717) is 56.1 Å². The molecule has 0 saturated heterocycles. The fourth-order valence-corrected chi connectivity index (χ4v) is 6.18. The van der Waals surface area contributed by atoms with Crippen molar-refractivity contribution in [3.8, 4) is 17.2 Å². The number of carbonyl (C=O) groups excluding carboxylic acids is 1. The van der Waals surface area contributed by atoms with E-state index in [9.17, 15) is 9.59 Å². The summed E-state index contributed by atoms with van der Waals surface area (Å²) in [5, 5.41) is 0.663. The lowest BCUT2D eigenvalue weighted by Gasteiger charge is -2.25. The number of fused-ring (bicyclic) bond motifs is 1. The van der Waals surface area contributed by atoms with Crippen LogP contribution in [0.5, 0.6) is 17.2 Å². The van der Waals surface area contributed by atoms with E-state index < -0.39 is 12.0 Å². The number of aryl methyl sites for hydroxylation is 1. The Bertz CT molecular complexity index is 1910. The molecule has 1 atom stereocenters. The standard InChI is InChI=1S/C34H33ClN2O6S/c1-6-41-28-16-23(11-15-26(28)43-19-22-9-13-25(35)14-10-22)17-29-32(38)37-31(24-12-8-20(3)27(18-24)40-5)30(33(39)42-7-2)21(4)36-34(37)44-29/h8-18,31H,6-7,19H2,1-5H3/b29-17+. The van der Waals surface area contributed by atoms with Gasteiger partial charge in [0.2, 0.25) is 0 Å². The van der Waals surface area contributed by atoms with Gasteiger partial charge in [-0.05, 0) is 86.4 Å². The molecule has 228 valence electrons. The molecule has 2 heterocycles. The predicted molar refractivity (Wildman–Crippen MR) is 172 cm³/mol. The van der Waals surface area contributed by atoms with Gasteiger partial charge in [0.1, 0.15) is 12.4 Å². The van der Waals surface area contributed by atoms with Gasteiger partial charge in [-0.3, -0.25) is 9.36 Å². The smallest absolute Gasteiger partial charge is 0.338 e. The van der Waals surface area contributed by atoms with Gasteiger partial charge in [0, 0.05) is 5.02 Å². The second-order valence-corrected chi connectivity index (χ2v) is 11.5. The van der Waals surface area contributed by atoms with Crippen LogP contribution in [0.4, 0.5) is 0 Å². The van der Waals surface area contributed by atoms with Crippen molar-refractivity contribution >= 4 is 35.0 Å². The minimum atomic E-state index is -0.732. The van der Waals surface area contributed by atoms with Crippen molar-refractivity contribution in [3.63, 3.8) is 0 Å². The van der Waals surface area contributed by atoms with Gasteiger partial charge in [0.25, 0.3) is 5.56 Å². The minimum Gasteiger partial charge on any atom is -0.496 e. The maximum Gasteiger partial charge on any atom is 0.338 e. The molecule has 4 aromatic rings. The molecule has 0 aliphatic carbocycles.